The van der Waals surface area contributed by atoms with Gasteiger partial charge in [-0.25, -0.2) is 13.6 Å². The van der Waals surface area contributed by atoms with Gasteiger partial charge in [0.15, 0.2) is 0 Å². The molecule has 0 aliphatic carbocycles. The van der Waals surface area contributed by atoms with Gasteiger partial charge in [-0.15, -0.1) is 0 Å². The van der Waals surface area contributed by atoms with Gasteiger partial charge in [0.2, 0.25) is 10.0 Å². The van der Waals surface area contributed by atoms with Crippen LogP contribution in [0.2, 0.25) is 0 Å². The number of anilines is 1. The quantitative estimate of drug-likeness (QED) is 0.833. The average molecular weight is 270 g/mol. The number of hydrogen-bond donors (Lipinski definition) is 2. The fourth-order valence-electron chi connectivity index (χ4n) is 1.76. The molecule has 1 aromatic carbocycles. The lowest BCUT2D eigenvalue weighted by molar-refractivity contribution is -0.124. The lowest BCUT2D eigenvalue weighted by Gasteiger charge is -2.10. The van der Waals surface area contributed by atoms with E-state index in [4.69, 9.17) is 9.88 Å². The van der Waals surface area contributed by atoms with Crippen LogP contribution in [0.3, 0.4) is 0 Å². The number of hydrogen-bond acceptors (Lipinski definition) is 4. The third kappa shape index (κ3) is 3.06. The first-order chi connectivity index (χ1) is 8.47. The molecule has 1 amide bonds. The van der Waals surface area contributed by atoms with Gasteiger partial charge >= 0.3 is 0 Å². The molecule has 18 heavy (non-hydrogen) atoms. The summed E-state index contributed by atoms with van der Waals surface area (Å²) < 4.78 is 27.6. The fourth-order valence-corrected chi connectivity index (χ4v) is 2.32. The fraction of sp³-hybridized carbons (Fsp3) is 0.364. The highest BCUT2D eigenvalue weighted by atomic mass is 32.2. The van der Waals surface area contributed by atoms with Gasteiger partial charge in [0, 0.05) is 12.3 Å². The van der Waals surface area contributed by atoms with Crippen LogP contribution in [-0.2, 0) is 19.6 Å². The molecule has 1 aliphatic heterocycles. The first kappa shape index (κ1) is 13.0. The molecule has 1 aliphatic rings. The van der Waals surface area contributed by atoms with Gasteiger partial charge < -0.3 is 10.1 Å². The normalized spacial score (nSPS) is 19.7. The minimum absolute atomic E-state index is 0.0346. The molecule has 0 aromatic heterocycles. The smallest absolute Gasteiger partial charge is 0.253 e. The topological polar surface area (TPSA) is 98.5 Å². The molecule has 1 atom stereocenters. The number of carbonyl (C=O) groups is 1. The second-order valence-electron chi connectivity index (χ2n) is 4.06. The maximum Gasteiger partial charge on any atom is 0.253 e. The predicted molar refractivity (Wildman–Crippen MR) is 65.4 cm³/mol. The van der Waals surface area contributed by atoms with E-state index in [2.05, 4.69) is 5.32 Å². The van der Waals surface area contributed by atoms with Crippen LogP contribution in [0.25, 0.3) is 0 Å². The number of amides is 1. The third-order valence-corrected chi connectivity index (χ3v) is 3.56. The average Bonchev–Trinajstić information content (AvgIpc) is 2.81. The summed E-state index contributed by atoms with van der Waals surface area (Å²) in [6, 6.07) is 5.81. The van der Waals surface area contributed by atoms with E-state index in [1.807, 2.05) is 0 Å². The largest absolute Gasteiger partial charge is 0.368 e. The predicted octanol–water partition coefficient (Wildman–Crippen LogP) is 0.451. The van der Waals surface area contributed by atoms with E-state index in [1.54, 1.807) is 6.07 Å². The number of sulfonamides is 1. The highest BCUT2D eigenvalue weighted by Crippen LogP contribution is 2.17. The standard InChI is InChI=1S/C11H14N2O4S/c12-18(15,16)9-4-1-3-8(7-9)13-11(14)10-5-2-6-17-10/h1,3-4,7,10H,2,5-6H2,(H,13,14)(H2,12,15,16). The molecule has 6 nitrogen and oxygen atoms in total. The number of carbonyl (C=O) groups excluding carboxylic acids is 1. The van der Waals surface area contributed by atoms with Crippen LogP contribution < -0.4 is 10.5 Å². The summed E-state index contributed by atoms with van der Waals surface area (Å²) in [4.78, 5) is 11.7. The van der Waals surface area contributed by atoms with E-state index in [9.17, 15) is 13.2 Å². The zero-order valence-electron chi connectivity index (χ0n) is 9.63. The van der Waals surface area contributed by atoms with Crippen LogP contribution >= 0.6 is 0 Å². The Hall–Kier alpha value is -1.44. The number of primary sulfonamides is 1. The molecule has 1 aromatic rings. The second-order valence-corrected chi connectivity index (χ2v) is 5.63. The first-order valence-corrected chi connectivity index (χ1v) is 7.07. The maximum absolute atomic E-state index is 11.8. The molecule has 1 unspecified atom stereocenters. The monoisotopic (exact) mass is 270 g/mol. The number of rotatable bonds is 3. The summed E-state index contributed by atoms with van der Waals surface area (Å²) in [7, 11) is -3.76. The summed E-state index contributed by atoms with van der Waals surface area (Å²) in [5.41, 5.74) is 0.391. The van der Waals surface area contributed by atoms with Gasteiger partial charge in [-0.3, -0.25) is 4.79 Å². The molecule has 0 saturated carbocycles. The van der Waals surface area contributed by atoms with Crippen molar-refractivity contribution in [3.63, 3.8) is 0 Å². The van der Waals surface area contributed by atoms with Crippen molar-refractivity contribution < 1.29 is 17.9 Å². The van der Waals surface area contributed by atoms with E-state index >= 15 is 0 Å². The van der Waals surface area contributed by atoms with E-state index in [0.29, 0.717) is 18.7 Å². The molecule has 1 heterocycles. The lowest BCUT2D eigenvalue weighted by Crippen LogP contribution is -2.27. The Bertz CT molecular complexity index is 550. The van der Waals surface area contributed by atoms with Crippen molar-refractivity contribution in [2.45, 2.75) is 23.8 Å². The van der Waals surface area contributed by atoms with Gasteiger partial charge in [0.05, 0.1) is 4.90 Å². The van der Waals surface area contributed by atoms with E-state index in [-0.39, 0.29) is 10.8 Å². The molecular weight excluding hydrogens is 256 g/mol. The van der Waals surface area contributed by atoms with Gasteiger partial charge in [0.1, 0.15) is 6.10 Å². The lowest BCUT2D eigenvalue weighted by atomic mass is 10.2. The molecule has 1 fully saturated rings. The van der Waals surface area contributed by atoms with E-state index < -0.39 is 16.1 Å². The van der Waals surface area contributed by atoms with Crippen molar-refractivity contribution in [1.82, 2.24) is 0 Å². The summed E-state index contributed by atoms with van der Waals surface area (Å²) in [5.74, 6) is -0.265. The summed E-state index contributed by atoms with van der Waals surface area (Å²) >= 11 is 0. The number of ether oxygens (including phenoxy) is 1. The Balaban J connectivity index is 2.12. The summed E-state index contributed by atoms with van der Waals surface area (Å²) in [6.07, 6.45) is 1.08. The first-order valence-electron chi connectivity index (χ1n) is 5.52. The van der Waals surface area contributed by atoms with Crippen LogP contribution in [0.15, 0.2) is 29.2 Å². The number of benzene rings is 1. The molecule has 1 saturated heterocycles. The van der Waals surface area contributed by atoms with Crippen LogP contribution in [-0.4, -0.2) is 27.0 Å². The Morgan fingerprint density at radius 2 is 2.22 bits per heavy atom. The van der Waals surface area contributed by atoms with Gasteiger partial charge in [-0.1, -0.05) is 6.07 Å². The van der Waals surface area contributed by atoms with Crippen molar-refractivity contribution in [3.05, 3.63) is 24.3 Å². The SMILES string of the molecule is NS(=O)(=O)c1cccc(NC(=O)C2CCCO2)c1. The van der Waals surface area contributed by atoms with Crippen molar-refractivity contribution in [2.24, 2.45) is 5.14 Å². The van der Waals surface area contributed by atoms with Crippen molar-refractivity contribution in [2.75, 3.05) is 11.9 Å². The molecular formula is C11H14N2O4S. The molecule has 3 N–H and O–H groups in total. The molecule has 2 rings (SSSR count). The summed E-state index contributed by atoms with van der Waals surface area (Å²) in [5, 5.41) is 7.63. The van der Waals surface area contributed by atoms with Gasteiger partial charge in [0.25, 0.3) is 5.91 Å². The third-order valence-electron chi connectivity index (χ3n) is 2.65. The molecule has 98 valence electrons. The van der Waals surface area contributed by atoms with Gasteiger partial charge in [-0.05, 0) is 31.0 Å². The molecule has 0 bridgehead atoms. The van der Waals surface area contributed by atoms with E-state index in [1.165, 1.54) is 18.2 Å². The zero-order chi connectivity index (χ0) is 13.2. The summed E-state index contributed by atoms with van der Waals surface area (Å²) in [6.45, 7) is 0.579. The minimum Gasteiger partial charge on any atom is -0.368 e. The minimum atomic E-state index is -3.76. The Morgan fingerprint density at radius 1 is 1.44 bits per heavy atom. The zero-order valence-corrected chi connectivity index (χ0v) is 10.4. The number of nitrogens with two attached hydrogens (primary N) is 1. The van der Waals surface area contributed by atoms with E-state index in [0.717, 1.165) is 6.42 Å². The Labute approximate surface area is 105 Å². The van der Waals surface area contributed by atoms with Crippen LogP contribution in [0.4, 0.5) is 5.69 Å². The van der Waals surface area contributed by atoms with Crippen molar-refractivity contribution in [1.29, 1.82) is 0 Å². The second kappa shape index (κ2) is 5.05. The van der Waals surface area contributed by atoms with Crippen molar-refractivity contribution >= 4 is 21.6 Å². The molecule has 0 spiro atoms. The maximum atomic E-state index is 11.8. The Kier molecular flexibility index (Phi) is 3.65. The highest BCUT2D eigenvalue weighted by Gasteiger charge is 2.23. The number of nitrogens with one attached hydrogen (secondary N) is 1. The highest BCUT2D eigenvalue weighted by molar-refractivity contribution is 7.89. The Morgan fingerprint density at radius 3 is 2.83 bits per heavy atom. The van der Waals surface area contributed by atoms with Crippen LogP contribution in [0, 0.1) is 0 Å². The molecule has 0 radical (unpaired) electrons. The van der Waals surface area contributed by atoms with Crippen molar-refractivity contribution in [3.8, 4) is 0 Å². The molecule has 7 heteroatoms. The van der Waals surface area contributed by atoms with Crippen LogP contribution in [0.5, 0.6) is 0 Å². The van der Waals surface area contributed by atoms with Gasteiger partial charge in [-0.2, -0.15) is 0 Å². The van der Waals surface area contributed by atoms with Crippen LogP contribution in [0.1, 0.15) is 12.8 Å².